The van der Waals surface area contributed by atoms with Crippen LogP contribution in [-0.2, 0) is 4.79 Å². The second-order valence-electron chi connectivity index (χ2n) is 3.18. The first-order valence-corrected chi connectivity index (χ1v) is 5.23. The number of carboxylic acids is 1. The molecule has 4 nitrogen and oxygen atoms in total. The highest BCUT2D eigenvalue weighted by Gasteiger charge is 2.09. The summed E-state index contributed by atoms with van der Waals surface area (Å²) in [6.45, 7) is 1.45. The molecule has 0 saturated carbocycles. The second-order valence-corrected chi connectivity index (χ2v) is 4.09. The molecule has 86 valence electrons. The Morgan fingerprint density at radius 1 is 1.50 bits per heavy atom. The fourth-order valence-electron chi connectivity index (χ4n) is 1.16. The van der Waals surface area contributed by atoms with Crippen molar-refractivity contribution in [1.29, 1.82) is 0 Å². The van der Waals surface area contributed by atoms with Gasteiger partial charge in [0.05, 0.1) is 7.11 Å². The number of methoxy groups -OCH3 is 1. The lowest BCUT2D eigenvalue weighted by Crippen LogP contribution is -1.96. The molecule has 0 unspecified atom stereocenters. The van der Waals surface area contributed by atoms with Crippen LogP contribution in [0.15, 0.2) is 22.2 Å². The molecular formula is C11H11BrO4. The van der Waals surface area contributed by atoms with E-state index in [2.05, 4.69) is 15.9 Å². The number of carboxylic acid groups (broad SMARTS) is 1. The normalized spacial score (nSPS) is 11.3. The molecule has 0 radical (unpaired) electrons. The number of aliphatic carboxylic acids is 1. The Morgan fingerprint density at radius 3 is 2.62 bits per heavy atom. The van der Waals surface area contributed by atoms with Crippen LogP contribution in [0.5, 0.6) is 11.5 Å². The van der Waals surface area contributed by atoms with Gasteiger partial charge in [0.2, 0.25) is 0 Å². The van der Waals surface area contributed by atoms with E-state index in [-0.39, 0.29) is 11.3 Å². The van der Waals surface area contributed by atoms with Gasteiger partial charge >= 0.3 is 5.97 Å². The average molecular weight is 287 g/mol. The van der Waals surface area contributed by atoms with E-state index >= 15 is 0 Å². The van der Waals surface area contributed by atoms with Crippen LogP contribution in [0.25, 0.3) is 6.08 Å². The van der Waals surface area contributed by atoms with Gasteiger partial charge in [0, 0.05) is 15.6 Å². The fourth-order valence-corrected chi connectivity index (χ4v) is 1.61. The highest BCUT2D eigenvalue weighted by atomic mass is 79.9. The molecule has 0 amide bonds. The van der Waals surface area contributed by atoms with Crippen LogP contribution in [0.1, 0.15) is 12.5 Å². The minimum absolute atomic E-state index is 0.0775. The molecule has 0 heterocycles. The van der Waals surface area contributed by atoms with Crippen LogP contribution in [0, 0.1) is 0 Å². The Morgan fingerprint density at radius 2 is 2.12 bits per heavy atom. The highest BCUT2D eigenvalue weighted by molar-refractivity contribution is 9.10. The van der Waals surface area contributed by atoms with Gasteiger partial charge in [-0.15, -0.1) is 0 Å². The predicted molar refractivity (Wildman–Crippen MR) is 63.6 cm³/mol. The first-order chi connectivity index (χ1) is 7.45. The van der Waals surface area contributed by atoms with E-state index in [4.69, 9.17) is 9.84 Å². The molecule has 16 heavy (non-hydrogen) atoms. The van der Waals surface area contributed by atoms with E-state index in [9.17, 15) is 9.90 Å². The third-order valence-electron chi connectivity index (χ3n) is 2.00. The van der Waals surface area contributed by atoms with Gasteiger partial charge in [-0.3, -0.25) is 0 Å². The number of benzene rings is 1. The summed E-state index contributed by atoms with van der Waals surface area (Å²) in [7, 11) is 1.43. The Labute approximate surface area is 101 Å². The molecule has 0 fully saturated rings. The lowest BCUT2D eigenvalue weighted by molar-refractivity contribution is -0.132. The van der Waals surface area contributed by atoms with Crippen molar-refractivity contribution in [3.63, 3.8) is 0 Å². The third-order valence-corrected chi connectivity index (χ3v) is 2.46. The topological polar surface area (TPSA) is 66.8 Å². The van der Waals surface area contributed by atoms with Crippen LogP contribution in [-0.4, -0.2) is 23.3 Å². The van der Waals surface area contributed by atoms with Crippen molar-refractivity contribution in [2.45, 2.75) is 6.92 Å². The van der Waals surface area contributed by atoms with Crippen molar-refractivity contribution in [2.24, 2.45) is 0 Å². The summed E-state index contributed by atoms with van der Waals surface area (Å²) in [5.74, 6) is -0.816. The maximum Gasteiger partial charge on any atom is 0.331 e. The van der Waals surface area contributed by atoms with Gasteiger partial charge in [-0.2, -0.15) is 0 Å². The van der Waals surface area contributed by atoms with Crippen LogP contribution < -0.4 is 4.74 Å². The van der Waals surface area contributed by atoms with Gasteiger partial charge in [-0.05, 0) is 25.1 Å². The molecule has 0 aliphatic carbocycles. The van der Waals surface area contributed by atoms with Crippen LogP contribution in [0.2, 0.25) is 0 Å². The highest BCUT2D eigenvalue weighted by Crippen LogP contribution is 2.34. The number of aromatic hydroxyl groups is 1. The number of halogens is 1. The summed E-state index contributed by atoms with van der Waals surface area (Å²) in [6.07, 6.45) is 1.38. The minimum Gasteiger partial charge on any atom is -0.504 e. The van der Waals surface area contributed by atoms with Gasteiger partial charge in [0.1, 0.15) is 0 Å². The quantitative estimate of drug-likeness (QED) is 0.839. The van der Waals surface area contributed by atoms with Crippen LogP contribution in [0.3, 0.4) is 0 Å². The van der Waals surface area contributed by atoms with E-state index in [1.54, 1.807) is 12.1 Å². The SMILES string of the molecule is COc1cc(Br)cc(/C=C(\C)C(=O)O)c1O. The average Bonchev–Trinajstić information content (AvgIpc) is 2.22. The molecule has 0 spiro atoms. The number of carbonyl (C=O) groups is 1. The van der Waals surface area contributed by atoms with E-state index in [1.807, 2.05) is 0 Å². The zero-order chi connectivity index (χ0) is 12.3. The standard InChI is InChI=1S/C11H11BrO4/c1-6(11(14)15)3-7-4-8(12)5-9(16-2)10(7)13/h3-5,13H,1-2H3,(H,14,15)/b6-3+. The molecular weight excluding hydrogens is 276 g/mol. The number of ether oxygens (including phenoxy) is 1. The first kappa shape index (κ1) is 12.6. The van der Waals surface area contributed by atoms with E-state index < -0.39 is 5.97 Å². The smallest absolute Gasteiger partial charge is 0.331 e. The molecule has 0 atom stereocenters. The lowest BCUT2D eigenvalue weighted by Gasteiger charge is -2.07. The van der Waals surface area contributed by atoms with Gasteiger partial charge in [0.15, 0.2) is 11.5 Å². The minimum atomic E-state index is -1.03. The van der Waals surface area contributed by atoms with Crippen molar-refractivity contribution in [3.05, 3.63) is 27.7 Å². The zero-order valence-corrected chi connectivity index (χ0v) is 10.4. The van der Waals surface area contributed by atoms with Gasteiger partial charge in [0.25, 0.3) is 0 Å². The fraction of sp³-hybridized carbons (Fsp3) is 0.182. The largest absolute Gasteiger partial charge is 0.504 e. The monoisotopic (exact) mass is 286 g/mol. The summed E-state index contributed by atoms with van der Waals surface area (Å²) in [6, 6.07) is 3.22. The third kappa shape index (κ3) is 2.76. The molecule has 1 aromatic carbocycles. The summed E-state index contributed by atoms with van der Waals surface area (Å²) < 4.78 is 5.65. The molecule has 0 aliphatic rings. The lowest BCUT2D eigenvalue weighted by atomic mass is 10.1. The number of hydrogen-bond donors (Lipinski definition) is 2. The molecule has 0 aromatic heterocycles. The summed E-state index contributed by atoms with van der Waals surface area (Å²) >= 11 is 3.25. The van der Waals surface area contributed by atoms with Gasteiger partial charge < -0.3 is 14.9 Å². The van der Waals surface area contributed by atoms with E-state index in [0.29, 0.717) is 15.8 Å². The van der Waals surface area contributed by atoms with Crippen molar-refractivity contribution in [1.82, 2.24) is 0 Å². The molecule has 0 aliphatic heterocycles. The Hall–Kier alpha value is -1.49. The van der Waals surface area contributed by atoms with Crippen molar-refractivity contribution < 1.29 is 19.7 Å². The Balaban J connectivity index is 3.29. The maximum atomic E-state index is 10.7. The molecule has 2 N–H and O–H groups in total. The molecule has 1 rings (SSSR count). The Bertz CT molecular complexity index is 452. The summed E-state index contributed by atoms with van der Waals surface area (Å²) in [5, 5.41) is 18.5. The van der Waals surface area contributed by atoms with Crippen LogP contribution in [0.4, 0.5) is 0 Å². The number of hydrogen-bond acceptors (Lipinski definition) is 3. The van der Waals surface area contributed by atoms with Crippen LogP contribution >= 0.6 is 15.9 Å². The van der Waals surface area contributed by atoms with Gasteiger partial charge in [-0.1, -0.05) is 15.9 Å². The predicted octanol–water partition coefficient (Wildman–Crippen LogP) is 2.65. The molecule has 1 aromatic rings. The number of phenolic OH excluding ortho intramolecular Hbond substituents is 1. The number of rotatable bonds is 3. The molecule has 5 heteroatoms. The van der Waals surface area contributed by atoms with Gasteiger partial charge in [-0.25, -0.2) is 4.79 Å². The van der Waals surface area contributed by atoms with E-state index in [0.717, 1.165) is 0 Å². The molecule has 0 bridgehead atoms. The summed E-state index contributed by atoms with van der Waals surface area (Å²) in [5.41, 5.74) is 0.529. The first-order valence-electron chi connectivity index (χ1n) is 4.43. The van der Waals surface area contributed by atoms with Crippen molar-refractivity contribution in [2.75, 3.05) is 7.11 Å². The van der Waals surface area contributed by atoms with E-state index in [1.165, 1.54) is 20.1 Å². The number of phenols is 1. The van der Waals surface area contributed by atoms with Crippen molar-refractivity contribution >= 4 is 28.0 Å². The zero-order valence-electron chi connectivity index (χ0n) is 8.82. The van der Waals surface area contributed by atoms with Crippen molar-refractivity contribution in [3.8, 4) is 11.5 Å². The Kier molecular flexibility index (Phi) is 3.95. The maximum absolute atomic E-state index is 10.7. The molecule has 0 saturated heterocycles. The summed E-state index contributed by atoms with van der Waals surface area (Å²) in [4.78, 5) is 10.7. The second kappa shape index (κ2) is 5.03.